The van der Waals surface area contributed by atoms with Crippen molar-refractivity contribution in [1.29, 1.82) is 0 Å². The van der Waals surface area contributed by atoms with Crippen molar-refractivity contribution < 1.29 is 18.7 Å². The van der Waals surface area contributed by atoms with Crippen molar-refractivity contribution in [2.45, 2.75) is 19.0 Å². The molecule has 1 amide bonds. The molecule has 0 aliphatic heterocycles. The molecule has 0 bridgehead atoms. The number of carbonyl (C=O) groups excluding carboxylic acids is 2. The van der Waals surface area contributed by atoms with Crippen molar-refractivity contribution in [3.05, 3.63) is 58.0 Å². The van der Waals surface area contributed by atoms with E-state index in [-0.39, 0.29) is 30.6 Å². The van der Waals surface area contributed by atoms with Crippen LogP contribution in [0.5, 0.6) is 0 Å². The number of nitrogens with two attached hydrogens (primary N) is 1. The Hall–Kier alpha value is -1.83. The molecule has 1 atom stereocenters. The highest BCUT2D eigenvalue weighted by molar-refractivity contribution is 9.10. The van der Waals surface area contributed by atoms with E-state index >= 15 is 0 Å². The fourth-order valence-electron chi connectivity index (χ4n) is 1.96. The van der Waals surface area contributed by atoms with Crippen LogP contribution >= 0.6 is 28.3 Å². The van der Waals surface area contributed by atoms with Gasteiger partial charge in [-0.3, -0.25) is 4.79 Å². The zero-order chi connectivity index (χ0) is 17.0. The van der Waals surface area contributed by atoms with Crippen molar-refractivity contribution in [1.82, 2.24) is 5.32 Å². The Labute approximate surface area is 154 Å². The van der Waals surface area contributed by atoms with Gasteiger partial charge in [-0.2, -0.15) is 0 Å². The van der Waals surface area contributed by atoms with E-state index in [0.29, 0.717) is 11.3 Å². The third-order valence-corrected chi connectivity index (χ3v) is 3.92. The monoisotopic (exact) mass is 416 g/mol. The number of amides is 1. The lowest BCUT2D eigenvalue weighted by atomic mass is 9.92. The van der Waals surface area contributed by atoms with E-state index in [9.17, 15) is 9.59 Å². The normalized spacial score (nSPS) is 12.7. The quantitative estimate of drug-likeness (QED) is 0.730. The van der Waals surface area contributed by atoms with Gasteiger partial charge in [-0.05, 0) is 36.8 Å². The van der Waals surface area contributed by atoms with Crippen LogP contribution in [0.15, 0.2) is 45.3 Å². The number of benzene rings is 1. The molecule has 130 valence electrons. The number of furan rings is 1. The van der Waals surface area contributed by atoms with E-state index in [1.54, 1.807) is 25.1 Å². The highest BCUT2D eigenvalue weighted by Gasteiger charge is 2.30. The third-order valence-electron chi connectivity index (χ3n) is 3.39. The van der Waals surface area contributed by atoms with Gasteiger partial charge in [0.15, 0.2) is 0 Å². The zero-order valence-electron chi connectivity index (χ0n) is 13.2. The minimum Gasteiger partial charge on any atom is -0.463 e. The van der Waals surface area contributed by atoms with Crippen LogP contribution in [-0.4, -0.2) is 19.0 Å². The van der Waals surface area contributed by atoms with Gasteiger partial charge in [0.2, 0.25) is 11.7 Å². The Morgan fingerprint density at radius 3 is 2.46 bits per heavy atom. The van der Waals surface area contributed by atoms with Crippen LogP contribution in [0.2, 0.25) is 0 Å². The van der Waals surface area contributed by atoms with E-state index in [1.165, 1.54) is 13.2 Å². The minimum absolute atomic E-state index is 0. The maximum Gasteiger partial charge on any atom is 0.373 e. The molecule has 2 aromatic rings. The lowest BCUT2D eigenvalue weighted by molar-refractivity contribution is -0.126. The summed E-state index contributed by atoms with van der Waals surface area (Å²) in [7, 11) is 1.27. The van der Waals surface area contributed by atoms with E-state index in [0.717, 1.165) is 4.47 Å². The third kappa shape index (κ3) is 4.59. The standard InChI is InChI=1S/C16H17BrN2O4.ClH/c1-16(18,10-3-5-11(17)6-4-10)15(21)19-9-12-7-8-13(23-12)14(20)22-2;/h3-8H,9,18H2,1-2H3,(H,19,21);1H. The van der Waals surface area contributed by atoms with Crippen molar-refractivity contribution in [2.75, 3.05) is 7.11 Å². The SMILES string of the molecule is COC(=O)c1ccc(CNC(=O)C(C)(N)c2ccc(Br)cc2)o1.Cl. The number of hydrogen-bond acceptors (Lipinski definition) is 5. The van der Waals surface area contributed by atoms with Gasteiger partial charge in [0.1, 0.15) is 11.3 Å². The number of methoxy groups -OCH3 is 1. The van der Waals surface area contributed by atoms with Crippen molar-refractivity contribution in [3.63, 3.8) is 0 Å². The van der Waals surface area contributed by atoms with Crippen LogP contribution < -0.4 is 11.1 Å². The summed E-state index contributed by atoms with van der Waals surface area (Å²) in [5, 5.41) is 2.70. The molecule has 24 heavy (non-hydrogen) atoms. The Balaban J connectivity index is 0.00000288. The van der Waals surface area contributed by atoms with Crippen LogP contribution in [0.25, 0.3) is 0 Å². The van der Waals surface area contributed by atoms with Crippen LogP contribution in [0.3, 0.4) is 0 Å². The van der Waals surface area contributed by atoms with Gasteiger partial charge in [-0.1, -0.05) is 28.1 Å². The average molecular weight is 418 g/mol. The number of rotatable bonds is 5. The highest BCUT2D eigenvalue weighted by atomic mass is 79.9. The number of ether oxygens (including phenoxy) is 1. The molecule has 1 unspecified atom stereocenters. The summed E-state index contributed by atoms with van der Waals surface area (Å²) in [5.41, 5.74) is 5.64. The Bertz CT molecular complexity index is 713. The molecule has 0 fully saturated rings. The molecule has 0 saturated carbocycles. The molecule has 1 heterocycles. The molecule has 0 aliphatic carbocycles. The summed E-state index contributed by atoms with van der Waals surface area (Å²) in [4.78, 5) is 23.6. The Morgan fingerprint density at radius 1 is 1.25 bits per heavy atom. The Morgan fingerprint density at radius 2 is 1.88 bits per heavy atom. The molecular weight excluding hydrogens is 400 g/mol. The summed E-state index contributed by atoms with van der Waals surface area (Å²) in [5.74, 6) is -0.400. The summed E-state index contributed by atoms with van der Waals surface area (Å²) in [6.45, 7) is 1.76. The molecule has 1 aromatic heterocycles. The van der Waals surface area contributed by atoms with Gasteiger partial charge in [0.05, 0.1) is 13.7 Å². The Kier molecular flexibility index (Phi) is 7.01. The smallest absolute Gasteiger partial charge is 0.373 e. The van der Waals surface area contributed by atoms with Gasteiger partial charge in [-0.15, -0.1) is 12.4 Å². The van der Waals surface area contributed by atoms with Gasteiger partial charge >= 0.3 is 5.97 Å². The van der Waals surface area contributed by atoms with Crippen LogP contribution in [0.4, 0.5) is 0 Å². The van der Waals surface area contributed by atoms with Crippen LogP contribution in [0, 0.1) is 0 Å². The molecule has 0 spiro atoms. The number of carbonyl (C=O) groups is 2. The highest BCUT2D eigenvalue weighted by Crippen LogP contribution is 2.21. The van der Waals surface area contributed by atoms with Gasteiger partial charge in [0, 0.05) is 4.47 Å². The molecule has 8 heteroatoms. The van der Waals surface area contributed by atoms with Gasteiger partial charge < -0.3 is 20.2 Å². The second-order valence-electron chi connectivity index (χ2n) is 5.15. The van der Waals surface area contributed by atoms with Crippen molar-refractivity contribution in [3.8, 4) is 0 Å². The summed E-state index contributed by atoms with van der Waals surface area (Å²) < 4.78 is 10.7. The summed E-state index contributed by atoms with van der Waals surface area (Å²) >= 11 is 3.34. The second-order valence-corrected chi connectivity index (χ2v) is 6.07. The molecule has 6 nitrogen and oxygen atoms in total. The summed E-state index contributed by atoms with van der Waals surface area (Å²) in [6, 6.07) is 10.3. The fraction of sp³-hybridized carbons (Fsp3) is 0.250. The predicted octanol–water partition coefficient (Wildman–Crippen LogP) is 2.74. The number of nitrogens with one attached hydrogen (secondary N) is 1. The molecule has 0 radical (unpaired) electrons. The van der Waals surface area contributed by atoms with E-state index in [2.05, 4.69) is 26.0 Å². The first-order valence-corrected chi connectivity index (χ1v) is 7.64. The topological polar surface area (TPSA) is 94.6 Å². The molecule has 0 saturated heterocycles. The van der Waals surface area contributed by atoms with Crippen LogP contribution in [0.1, 0.15) is 28.8 Å². The van der Waals surface area contributed by atoms with Crippen molar-refractivity contribution >= 4 is 40.2 Å². The summed E-state index contributed by atoms with van der Waals surface area (Å²) in [6.07, 6.45) is 0. The second kappa shape index (κ2) is 8.32. The number of halogens is 2. The minimum atomic E-state index is -1.18. The average Bonchev–Trinajstić information content (AvgIpc) is 3.01. The predicted molar refractivity (Wildman–Crippen MR) is 94.8 cm³/mol. The first-order chi connectivity index (χ1) is 10.8. The van der Waals surface area contributed by atoms with Crippen molar-refractivity contribution in [2.24, 2.45) is 5.73 Å². The fourth-order valence-corrected chi connectivity index (χ4v) is 2.23. The molecule has 2 rings (SSSR count). The molecule has 1 aromatic carbocycles. The van der Waals surface area contributed by atoms with Crippen LogP contribution in [-0.2, 0) is 21.6 Å². The number of hydrogen-bond donors (Lipinski definition) is 2. The lowest BCUT2D eigenvalue weighted by Crippen LogP contribution is -2.48. The van der Waals surface area contributed by atoms with E-state index < -0.39 is 11.5 Å². The molecule has 0 aliphatic rings. The number of esters is 1. The van der Waals surface area contributed by atoms with E-state index in [4.69, 9.17) is 10.2 Å². The lowest BCUT2D eigenvalue weighted by Gasteiger charge is -2.24. The maximum atomic E-state index is 12.3. The van der Waals surface area contributed by atoms with Gasteiger partial charge in [0.25, 0.3) is 0 Å². The molecular formula is C16H18BrClN2O4. The first-order valence-electron chi connectivity index (χ1n) is 6.85. The molecule has 3 N–H and O–H groups in total. The first kappa shape index (κ1) is 20.2. The van der Waals surface area contributed by atoms with Gasteiger partial charge in [-0.25, -0.2) is 4.79 Å². The maximum absolute atomic E-state index is 12.3. The zero-order valence-corrected chi connectivity index (χ0v) is 15.6. The largest absolute Gasteiger partial charge is 0.463 e. The van der Waals surface area contributed by atoms with E-state index in [1.807, 2.05) is 12.1 Å².